The molecule has 17 heavy (non-hydrogen) atoms. The SMILES string of the molecule is CC1Cc2cc(C(CN)C(=O)O)cc(Br)c2O1. The summed E-state index contributed by atoms with van der Waals surface area (Å²) < 4.78 is 6.44. The number of ether oxygens (including phenoxy) is 1. The molecule has 0 saturated carbocycles. The Morgan fingerprint density at radius 1 is 1.71 bits per heavy atom. The lowest BCUT2D eigenvalue weighted by atomic mass is 9.96. The van der Waals surface area contributed by atoms with Crippen LogP contribution in [0.25, 0.3) is 0 Å². The van der Waals surface area contributed by atoms with Crippen LogP contribution in [0.15, 0.2) is 16.6 Å². The first kappa shape index (κ1) is 12.4. The van der Waals surface area contributed by atoms with Crippen molar-refractivity contribution in [3.05, 3.63) is 27.7 Å². The Labute approximate surface area is 108 Å². The Morgan fingerprint density at radius 3 is 3.00 bits per heavy atom. The van der Waals surface area contributed by atoms with Gasteiger partial charge >= 0.3 is 5.97 Å². The second-order valence-electron chi connectivity index (χ2n) is 4.25. The molecule has 1 aliphatic heterocycles. The topological polar surface area (TPSA) is 72.6 Å². The molecule has 2 atom stereocenters. The molecule has 0 aromatic heterocycles. The fourth-order valence-electron chi connectivity index (χ4n) is 2.09. The fraction of sp³-hybridized carbons (Fsp3) is 0.417. The molecule has 4 nitrogen and oxygen atoms in total. The standard InChI is InChI=1S/C12H14BrNO3/c1-6-2-8-3-7(9(5-14)12(15)16)4-10(13)11(8)17-6/h3-4,6,9H,2,5,14H2,1H3,(H,15,16). The van der Waals surface area contributed by atoms with Gasteiger partial charge in [0.2, 0.25) is 0 Å². The van der Waals surface area contributed by atoms with Gasteiger partial charge in [0.1, 0.15) is 11.9 Å². The highest BCUT2D eigenvalue weighted by molar-refractivity contribution is 9.10. The van der Waals surface area contributed by atoms with Gasteiger partial charge in [-0.2, -0.15) is 0 Å². The molecule has 0 bridgehead atoms. The Morgan fingerprint density at radius 2 is 2.41 bits per heavy atom. The molecule has 0 amide bonds. The van der Waals surface area contributed by atoms with Crippen LogP contribution in [-0.4, -0.2) is 23.7 Å². The van der Waals surface area contributed by atoms with Gasteiger partial charge in [0.15, 0.2) is 0 Å². The third-order valence-corrected chi connectivity index (χ3v) is 3.49. The quantitative estimate of drug-likeness (QED) is 0.894. The van der Waals surface area contributed by atoms with Crippen molar-refractivity contribution < 1.29 is 14.6 Å². The summed E-state index contributed by atoms with van der Waals surface area (Å²) in [4.78, 5) is 11.1. The minimum atomic E-state index is -0.897. The molecule has 2 unspecified atom stereocenters. The maximum absolute atomic E-state index is 11.1. The lowest BCUT2D eigenvalue weighted by Gasteiger charge is -2.12. The molecule has 5 heteroatoms. The average Bonchev–Trinajstić information content (AvgIpc) is 2.59. The first-order valence-corrected chi connectivity index (χ1v) is 6.24. The van der Waals surface area contributed by atoms with Gasteiger partial charge in [-0.3, -0.25) is 4.79 Å². The minimum Gasteiger partial charge on any atom is -0.489 e. The summed E-state index contributed by atoms with van der Waals surface area (Å²) in [6.45, 7) is 2.08. The molecule has 1 aliphatic rings. The largest absolute Gasteiger partial charge is 0.489 e. The van der Waals surface area contributed by atoms with Crippen molar-refractivity contribution in [2.24, 2.45) is 5.73 Å². The number of aliphatic carboxylic acids is 1. The molecule has 0 fully saturated rings. The molecule has 0 aliphatic carbocycles. The number of halogens is 1. The lowest BCUT2D eigenvalue weighted by molar-refractivity contribution is -0.138. The van der Waals surface area contributed by atoms with Gasteiger partial charge in [-0.1, -0.05) is 6.07 Å². The van der Waals surface area contributed by atoms with Gasteiger partial charge in [0.25, 0.3) is 0 Å². The molecule has 92 valence electrons. The molecule has 1 heterocycles. The van der Waals surface area contributed by atoms with E-state index >= 15 is 0 Å². The molecule has 0 spiro atoms. The van der Waals surface area contributed by atoms with Crippen LogP contribution in [0.3, 0.4) is 0 Å². The first-order chi connectivity index (χ1) is 8.02. The predicted octanol–water partition coefficient (Wildman–Crippen LogP) is 1.90. The number of carboxylic acid groups (broad SMARTS) is 1. The maximum atomic E-state index is 11.1. The molecule has 2 rings (SSSR count). The summed E-state index contributed by atoms with van der Waals surface area (Å²) >= 11 is 3.41. The molecular weight excluding hydrogens is 286 g/mol. The second-order valence-corrected chi connectivity index (χ2v) is 5.10. The van der Waals surface area contributed by atoms with E-state index in [0.29, 0.717) is 0 Å². The van der Waals surface area contributed by atoms with Crippen molar-refractivity contribution in [2.75, 3.05) is 6.54 Å². The van der Waals surface area contributed by atoms with E-state index < -0.39 is 11.9 Å². The lowest BCUT2D eigenvalue weighted by Crippen LogP contribution is -2.21. The van der Waals surface area contributed by atoms with Gasteiger partial charge in [-0.15, -0.1) is 0 Å². The molecule has 3 N–H and O–H groups in total. The van der Waals surface area contributed by atoms with E-state index in [4.69, 9.17) is 15.6 Å². The van der Waals surface area contributed by atoms with Crippen molar-refractivity contribution in [1.29, 1.82) is 0 Å². The molecule has 1 aromatic carbocycles. The number of benzene rings is 1. The Balaban J connectivity index is 2.42. The second kappa shape index (κ2) is 4.66. The smallest absolute Gasteiger partial charge is 0.312 e. The minimum absolute atomic E-state index is 0.0942. The van der Waals surface area contributed by atoms with Crippen LogP contribution in [0.1, 0.15) is 24.0 Å². The van der Waals surface area contributed by atoms with Crippen molar-refractivity contribution in [2.45, 2.75) is 25.4 Å². The van der Waals surface area contributed by atoms with Crippen molar-refractivity contribution in [1.82, 2.24) is 0 Å². The number of carboxylic acids is 1. The number of fused-ring (bicyclic) bond motifs is 1. The van der Waals surface area contributed by atoms with Crippen LogP contribution in [-0.2, 0) is 11.2 Å². The Hall–Kier alpha value is -1.07. The summed E-state index contributed by atoms with van der Waals surface area (Å²) in [7, 11) is 0. The third kappa shape index (κ3) is 2.30. The van der Waals surface area contributed by atoms with E-state index in [1.807, 2.05) is 13.0 Å². The summed E-state index contributed by atoms with van der Waals surface area (Å²) in [6, 6.07) is 3.66. The summed E-state index contributed by atoms with van der Waals surface area (Å²) in [5.74, 6) is -0.735. The van der Waals surface area contributed by atoms with E-state index in [1.54, 1.807) is 6.07 Å². The van der Waals surface area contributed by atoms with Crippen LogP contribution < -0.4 is 10.5 Å². The van der Waals surface area contributed by atoms with E-state index in [1.165, 1.54) is 0 Å². The zero-order chi connectivity index (χ0) is 12.6. The Bertz CT molecular complexity index is 461. The van der Waals surface area contributed by atoms with E-state index in [-0.39, 0.29) is 12.6 Å². The highest BCUT2D eigenvalue weighted by atomic mass is 79.9. The van der Waals surface area contributed by atoms with Gasteiger partial charge in [0, 0.05) is 13.0 Å². The normalized spacial score (nSPS) is 19.6. The van der Waals surface area contributed by atoms with Crippen LogP contribution in [0.4, 0.5) is 0 Å². The highest BCUT2D eigenvalue weighted by Crippen LogP contribution is 2.38. The van der Waals surface area contributed by atoms with Crippen LogP contribution >= 0.6 is 15.9 Å². The zero-order valence-corrected chi connectivity index (χ0v) is 11.0. The number of carbonyl (C=O) groups is 1. The Kier molecular flexibility index (Phi) is 3.40. The van der Waals surface area contributed by atoms with Crippen molar-refractivity contribution in [3.63, 3.8) is 0 Å². The first-order valence-electron chi connectivity index (χ1n) is 5.44. The van der Waals surface area contributed by atoms with Crippen molar-refractivity contribution >= 4 is 21.9 Å². The van der Waals surface area contributed by atoms with E-state index in [0.717, 1.165) is 27.8 Å². The number of hydrogen-bond donors (Lipinski definition) is 2. The number of hydrogen-bond acceptors (Lipinski definition) is 3. The van der Waals surface area contributed by atoms with Crippen molar-refractivity contribution in [3.8, 4) is 5.75 Å². The number of rotatable bonds is 3. The van der Waals surface area contributed by atoms with Crippen LogP contribution in [0.5, 0.6) is 5.75 Å². The van der Waals surface area contributed by atoms with Gasteiger partial charge in [0.05, 0.1) is 10.4 Å². The molecule has 0 radical (unpaired) electrons. The molecule has 1 aromatic rings. The fourth-order valence-corrected chi connectivity index (χ4v) is 2.70. The molecular formula is C12H14BrNO3. The van der Waals surface area contributed by atoms with E-state index in [2.05, 4.69) is 15.9 Å². The van der Waals surface area contributed by atoms with Crippen LogP contribution in [0.2, 0.25) is 0 Å². The predicted molar refractivity (Wildman–Crippen MR) is 67.4 cm³/mol. The summed E-state index contributed by atoms with van der Waals surface area (Å²) in [6.07, 6.45) is 0.941. The van der Waals surface area contributed by atoms with Gasteiger partial charge in [-0.05, 0) is 40.0 Å². The average molecular weight is 300 g/mol. The zero-order valence-electron chi connectivity index (χ0n) is 9.44. The van der Waals surface area contributed by atoms with Gasteiger partial charge in [-0.25, -0.2) is 0 Å². The summed E-state index contributed by atoms with van der Waals surface area (Å²) in [5, 5.41) is 9.09. The monoisotopic (exact) mass is 299 g/mol. The molecule has 0 saturated heterocycles. The van der Waals surface area contributed by atoms with Crippen LogP contribution in [0, 0.1) is 0 Å². The number of nitrogens with two attached hydrogens (primary N) is 1. The third-order valence-electron chi connectivity index (χ3n) is 2.91. The highest BCUT2D eigenvalue weighted by Gasteiger charge is 2.26. The summed E-state index contributed by atoms with van der Waals surface area (Å²) in [5.41, 5.74) is 7.27. The van der Waals surface area contributed by atoms with Gasteiger partial charge < -0.3 is 15.6 Å². The maximum Gasteiger partial charge on any atom is 0.312 e. The van der Waals surface area contributed by atoms with E-state index in [9.17, 15) is 4.79 Å².